The van der Waals surface area contributed by atoms with Gasteiger partial charge in [-0.15, -0.1) is 0 Å². The van der Waals surface area contributed by atoms with Gasteiger partial charge < -0.3 is 10.4 Å². The molecule has 2 N–H and O–H groups in total. The number of aromatic nitrogens is 2. The number of amides is 1. The minimum absolute atomic E-state index is 0.0816. The van der Waals surface area contributed by atoms with Crippen molar-refractivity contribution in [1.82, 2.24) is 15.1 Å². The molecule has 9 heteroatoms. The molecule has 0 saturated heterocycles. The number of hydrogen-bond donors (Lipinski definition) is 2. The Morgan fingerprint density at radius 3 is 2.56 bits per heavy atom. The van der Waals surface area contributed by atoms with Crippen LogP contribution in [0.4, 0.5) is 13.2 Å². The highest BCUT2D eigenvalue weighted by molar-refractivity contribution is 5.85. The zero-order valence-electron chi connectivity index (χ0n) is 14.9. The fraction of sp³-hybridized carbons (Fsp3) is 0.500. The highest BCUT2D eigenvalue weighted by Gasteiger charge is 2.32. The summed E-state index contributed by atoms with van der Waals surface area (Å²) in [5.74, 6) is -0.728. The van der Waals surface area contributed by atoms with Crippen LogP contribution in [0.2, 0.25) is 0 Å². The Morgan fingerprint density at radius 1 is 1.33 bits per heavy atom. The van der Waals surface area contributed by atoms with E-state index in [4.69, 9.17) is 0 Å². The Hall–Kier alpha value is -2.42. The van der Waals surface area contributed by atoms with E-state index in [1.54, 1.807) is 13.8 Å². The number of nitrogens with zero attached hydrogens (tertiary/aromatic N) is 2. The van der Waals surface area contributed by atoms with Gasteiger partial charge in [0.05, 0.1) is 28.8 Å². The summed E-state index contributed by atoms with van der Waals surface area (Å²) in [6.45, 7) is 3.14. The maximum atomic E-state index is 13.0. The van der Waals surface area contributed by atoms with E-state index in [9.17, 15) is 27.9 Å². The van der Waals surface area contributed by atoms with Crippen LogP contribution in [-0.4, -0.2) is 32.9 Å². The van der Waals surface area contributed by atoms with E-state index < -0.39 is 29.3 Å². The molecule has 1 aliphatic carbocycles. The third kappa shape index (κ3) is 3.83. The van der Waals surface area contributed by atoms with Crippen molar-refractivity contribution in [2.24, 2.45) is 0 Å². The normalized spacial score (nSPS) is 20.0. The lowest BCUT2D eigenvalue weighted by Gasteiger charge is -2.32. The molecule has 1 aromatic heterocycles. The van der Waals surface area contributed by atoms with Crippen molar-refractivity contribution in [3.63, 3.8) is 0 Å². The fourth-order valence-electron chi connectivity index (χ4n) is 3.06. The number of hydrogen-bond acceptors (Lipinski definition) is 4. The number of alkyl halides is 3. The van der Waals surface area contributed by atoms with Gasteiger partial charge in [0.2, 0.25) is 5.91 Å². The molecule has 0 bridgehead atoms. The van der Waals surface area contributed by atoms with Crippen LogP contribution in [0, 0.1) is 0 Å². The zero-order chi connectivity index (χ0) is 19.9. The lowest BCUT2D eigenvalue weighted by molar-refractivity contribution is -0.137. The van der Waals surface area contributed by atoms with Crippen LogP contribution >= 0.6 is 0 Å². The highest BCUT2D eigenvalue weighted by Crippen LogP contribution is 2.32. The van der Waals surface area contributed by atoms with E-state index >= 15 is 0 Å². The second-order valence-electron chi connectivity index (χ2n) is 7.08. The first-order chi connectivity index (χ1) is 12.6. The van der Waals surface area contributed by atoms with E-state index in [1.807, 2.05) is 0 Å². The van der Waals surface area contributed by atoms with E-state index in [2.05, 4.69) is 10.4 Å². The van der Waals surface area contributed by atoms with E-state index in [-0.39, 0.29) is 29.3 Å². The van der Waals surface area contributed by atoms with Crippen molar-refractivity contribution in [1.29, 1.82) is 0 Å². The molecule has 0 aliphatic heterocycles. The molecule has 2 atom stereocenters. The maximum absolute atomic E-state index is 13.0. The van der Waals surface area contributed by atoms with Gasteiger partial charge in [0.25, 0.3) is 5.56 Å². The Balaban J connectivity index is 2.00. The summed E-state index contributed by atoms with van der Waals surface area (Å²) in [5, 5.41) is 16.5. The Morgan fingerprint density at radius 2 is 2.04 bits per heavy atom. The Bertz CT molecular complexity index is 937. The minimum Gasteiger partial charge on any atom is -0.391 e. The summed E-state index contributed by atoms with van der Waals surface area (Å²) in [6.07, 6.45) is -3.86. The zero-order valence-corrected chi connectivity index (χ0v) is 14.9. The van der Waals surface area contributed by atoms with Gasteiger partial charge in [0, 0.05) is 5.39 Å². The molecule has 6 nitrogen and oxygen atoms in total. The standard InChI is InChI=1S/C18H20F3N3O3/c1-9(2)16-12-7-10(18(19,20)21)3-4-11(12)17(27)24(23-16)8-15(26)22-13-5-6-14(13)25/h3-4,7,9,13-14,25H,5-6,8H2,1-2H3,(H,22,26)/t13-,14+/m1/s1. The van der Waals surface area contributed by atoms with Gasteiger partial charge in [-0.05, 0) is 37.0 Å². The van der Waals surface area contributed by atoms with Gasteiger partial charge in [-0.2, -0.15) is 18.3 Å². The predicted octanol–water partition coefficient (Wildman–Crippen LogP) is 2.18. The predicted molar refractivity (Wildman–Crippen MR) is 92.3 cm³/mol. The molecule has 1 heterocycles. The molecule has 0 unspecified atom stereocenters. The molecule has 3 rings (SSSR count). The minimum atomic E-state index is -4.53. The molecule has 1 aliphatic rings. The number of fused-ring (bicyclic) bond motifs is 1. The van der Waals surface area contributed by atoms with E-state index in [0.29, 0.717) is 18.5 Å². The van der Waals surface area contributed by atoms with Gasteiger partial charge in [-0.1, -0.05) is 13.8 Å². The largest absolute Gasteiger partial charge is 0.416 e. The second-order valence-corrected chi connectivity index (χ2v) is 7.08. The second kappa shape index (κ2) is 6.95. The van der Waals surface area contributed by atoms with Crippen molar-refractivity contribution in [3.8, 4) is 0 Å². The lowest BCUT2D eigenvalue weighted by atomic mass is 9.89. The lowest BCUT2D eigenvalue weighted by Crippen LogP contribution is -2.51. The molecule has 0 spiro atoms. The molecule has 1 aromatic carbocycles. The quantitative estimate of drug-likeness (QED) is 0.848. The summed E-state index contributed by atoms with van der Waals surface area (Å²) in [7, 11) is 0. The smallest absolute Gasteiger partial charge is 0.391 e. The SMILES string of the molecule is CC(C)c1nn(CC(=O)N[C@@H]2CC[C@@H]2O)c(=O)c2ccc(C(F)(F)F)cc12. The number of benzene rings is 1. The molecular weight excluding hydrogens is 363 g/mol. The summed E-state index contributed by atoms with van der Waals surface area (Å²) in [6, 6.07) is 2.56. The van der Waals surface area contributed by atoms with Gasteiger partial charge in [-0.25, -0.2) is 4.68 Å². The monoisotopic (exact) mass is 383 g/mol. The Labute approximate surface area is 153 Å². The first-order valence-corrected chi connectivity index (χ1v) is 8.67. The summed E-state index contributed by atoms with van der Waals surface area (Å²) in [4.78, 5) is 24.8. The molecule has 2 aromatic rings. The number of nitrogens with one attached hydrogen (secondary N) is 1. The number of aliphatic hydroxyl groups is 1. The molecule has 1 fully saturated rings. The van der Waals surface area contributed by atoms with Crippen LogP contribution in [0.15, 0.2) is 23.0 Å². The van der Waals surface area contributed by atoms with Gasteiger partial charge in [0.15, 0.2) is 0 Å². The van der Waals surface area contributed by atoms with E-state index in [0.717, 1.165) is 22.9 Å². The first kappa shape index (κ1) is 19.3. The van der Waals surface area contributed by atoms with Crippen molar-refractivity contribution < 1.29 is 23.1 Å². The first-order valence-electron chi connectivity index (χ1n) is 8.67. The van der Waals surface area contributed by atoms with Gasteiger partial charge in [0.1, 0.15) is 6.54 Å². The van der Waals surface area contributed by atoms with Crippen molar-refractivity contribution >= 4 is 16.7 Å². The number of rotatable bonds is 4. The average Bonchev–Trinajstić information content (AvgIpc) is 2.59. The molecule has 1 saturated carbocycles. The fourth-order valence-corrected chi connectivity index (χ4v) is 3.06. The van der Waals surface area contributed by atoms with E-state index in [1.165, 1.54) is 0 Å². The maximum Gasteiger partial charge on any atom is 0.416 e. The third-order valence-corrected chi connectivity index (χ3v) is 4.74. The van der Waals surface area contributed by atoms with Crippen LogP contribution in [0.5, 0.6) is 0 Å². The Kier molecular flexibility index (Phi) is 4.98. The number of carbonyl (C=O) groups excluding carboxylic acids is 1. The highest BCUT2D eigenvalue weighted by atomic mass is 19.4. The van der Waals surface area contributed by atoms with Crippen LogP contribution in [0.25, 0.3) is 10.8 Å². The summed E-state index contributed by atoms with van der Waals surface area (Å²) >= 11 is 0. The van der Waals surface area contributed by atoms with Crippen LogP contribution in [0.1, 0.15) is 43.9 Å². The van der Waals surface area contributed by atoms with Crippen molar-refractivity contribution in [3.05, 3.63) is 39.8 Å². The average molecular weight is 383 g/mol. The molecular formula is C18H20F3N3O3. The van der Waals surface area contributed by atoms with Crippen LogP contribution in [0.3, 0.4) is 0 Å². The number of carbonyl (C=O) groups is 1. The topological polar surface area (TPSA) is 84.2 Å². The van der Waals surface area contributed by atoms with Crippen LogP contribution in [-0.2, 0) is 17.5 Å². The molecule has 146 valence electrons. The van der Waals surface area contributed by atoms with Crippen LogP contribution < -0.4 is 10.9 Å². The summed E-state index contributed by atoms with van der Waals surface area (Å²) < 4.78 is 40.0. The molecule has 27 heavy (non-hydrogen) atoms. The van der Waals surface area contributed by atoms with Crippen molar-refractivity contribution in [2.45, 2.75) is 57.5 Å². The van der Waals surface area contributed by atoms with Gasteiger partial charge >= 0.3 is 6.18 Å². The molecule has 1 amide bonds. The summed E-state index contributed by atoms with van der Waals surface area (Å²) in [5.41, 5.74) is -1.17. The van der Waals surface area contributed by atoms with Crippen molar-refractivity contribution in [2.75, 3.05) is 0 Å². The number of halogens is 3. The third-order valence-electron chi connectivity index (χ3n) is 4.74. The number of aliphatic hydroxyl groups excluding tert-OH is 1. The molecule has 0 radical (unpaired) electrons. The van der Waals surface area contributed by atoms with Gasteiger partial charge in [-0.3, -0.25) is 9.59 Å².